The molecule has 2 heterocycles. The summed E-state index contributed by atoms with van der Waals surface area (Å²) in [6.07, 6.45) is 2.02. The lowest BCUT2D eigenvalue weighted by Gasteiger charge is -2.33. The van der Waals surface area contributed by atoms with Crippen LogP contribution in [0.15, 0.2) is 24.3 Å². The van der Waals surface area contributed by atoms with Crippen molar-refractivity contribution in [3.63, 3.8) is 0 Å². The summed E-state index contributed by atoms with van der Waals surface area (Å²) >= 11 is 0. The molecule has 0 radical (unpaired) electrons. The largest absolute Gasteiger partial charge is 0.387 e. The number of nitrogens with zero attached hydrogens (tertiary/aromatic N) is 3. The zero-order chi connectivity index (χ0) is 14.1. The van der Waals surface area contributed by atoms with Gasteiger partial charge >= 0.3 is 0 Å². The van der Waals surface area contributed by atoms with Crippen molar-refractivity contribution >= 4 is 22.4 Å². The number of rotatable bonds is 2. The second-order valence-corrected chi connectivity index (χ2v) is 5.40. The number of benzene rings is 1. The van der Waals surface area contributed by atoms with Crippen molar-refractivity contribution in [2.24, 2.45) is 11.7 Å². The summed E-state index contributed by atoms with van der Waals surface area (Å²) < 4.78 is 0. The van der Waals surface area contributed by atoms with Crippen LogP contribution in [0.4, 0.5) is 5.82 Å². The molecule has 5 heteroatoms. The third-order valence-electron chi connectivity index (χ3n) is 4.01. The molecule has 1 saturated heterocycles. The van der Waals surface area contributed by atoms with Crippen molar-refractivity contribution in [1.82, 2.24) is 10.2 Å². The quantitative estimate of drug-likeness (QED) is 0.646. The van der Waals surface area contributed by atoms with Gasteiger partial charge in [-0.15, -0.1) is 5.10 Å². The molecule has 1 aliphatic rings. The van der Waals surface area contributed by atoms with Crippen LogP contribution in [0, 0.1) is 18.3 Å². The first-order valence-corrected chi connectivity index (χ1v) is 6.97. The number of piperidine rings is 1. The second-order valence-electron chi connectivity index (χ2n) is 5.40. The zero-order valence-corrected chi connectivity index (χ0v) is 11.6. The van der Waals surface area contributed by atoms with Crippen LogP contribution in [0.1, 0.15) is 18.5 Å². The molecule has 2 aromatic rings. The lowest BCUT2D eigenvalue weighted by atomic mass is 9.96. The molecule has 5 nitrogen and oxygen atoms in total. The molecule has 20 heavy (non-hydrogen) atoms. The van der Waals surface area contributed by atoms with Gasteiger partial charge < -0.3 is 10.6 Å². The van der Waals surface area contributed by atoms with Gasteiger partial charge in [0.05, 0.1) is 11.5 Å². The first-order chi connectivity index (χ1) is 9.66. The van der Waals surface area contributed by atoms with Gasteiger partial charge in [0, 0.05) is 29.8 Å². The van der Waals surface area contributed by atoms with Crippen LogP contribution in [0.5, 0.6) is 0 Å². The van der Waals surface area contributed by atoms with E-state index in [0.29, 0.717) is 0 Å². The first-order valence-electron chi connectivity index (χ1n) is 6.97. The molecule has 0 spiro atoms. The fraction of sp³-hybridized carbons (Fsp3) is 0.400. The summed E-state index contributed by atoms with van der Waals surface area (Å²) in [5.41, 5.74) is 6.61. The molecule has 0 aliphatic carbocycles. The number of amidine groups is 1. The standard InChI is InChI=1S/C15H19N5/c1-10-12-6-2-3-7-13(12)15(19-18-10)20-8-4-5-11(9-20)14(16)17/h2-3,6-7,11H,4-5,8-9H2,1H3,(H3,16,17). The lowest BCUT2D eigenvalue weighted by Crippen LogP contribution is -2.41. The van der Waals surface area contributed by atoms with E-state index in [9.17, 15) is 0 Å². The Labute approximate surface area is 118 Å². The zero-order valence-electron chi connectivity index (χ0n) is 11.6. The smallest absolute Gasteiger partial charge is 0.159 e. The van der Waals surface area contributed by atoms with Crippen molar-refractivity contribution in [2.75, 3.05) is 18.0 Å². The SMILES string of the molecule is Cc1nnc(N2CCCC(C(=N)N)C2)c2ccccc12. The minimum atomic E-state index is 0.130. The minimum Gasteiger partial charge on any atom is -0.387 e. The van der Waals surface area contributed by atoms with Crippen molar-refractivity contribution in [2.45, 2.75) is 19.8 Å². The van der Waals surface area contributed by atoms with E-state index in [2.05, 4.69) is 27.2 Å². The van der Waals surface area contributed by atoms with Crippen LogP contribution < -0.4 is 10.6 Å². The molecule has 104 valence electrons. The first kappa shape index (κ1) is 12.8. The Morgan fingerprint density at radius 1 is 1.30 bits per heavy atom. The highest BCUT2D eigenvalue weighted by Crippen LogP contribution is 2.28. The summed E-state index contributed by atoms with van der Waals surface area (Å²) in [4.78, 5) is 2.21. The summed E-state index contributed by atoms with van der Waals surface area (Å²) in [6.45, 7) is 3.69. The number of nitrogens with two attached hydrogens (primary N) is 1. The third-order valence-corrected chi connectivity index (χ3v) is 4.01. The van der Waals surface area contributed by atoms with Gasteiger partial charge in [-0.05, 0) is 19.8 Å². The molecule has 1 aromatic heterocycles. The molecule has 3 rings (SSSR count). The Hall–Kier alpha value is -2.17. The fourth-order valence-corrected chi connectivity index (χ4v) is 2.88. The third kappa shape index (κ3) is 2.19. The molecule has 0 bridgehead atoms. The molecule has 1 fully saturated rings. The van der Waals surface area contributed by atoms with Gasteiger partial charge in [-0.1, -0.05) is 24.3 Å². The average molecular weight is 269 g/mol. The van der Waals surface area contributed by atoms with E-state index >= 15 is 0 Å². The average Bonchev–Trinajstić information content (AvgIpc) is 2.48. The second kappa shape index (κ2) is 5.07. The van der Waals surface area contributed by atoms with Gasteiger partial charge in [0.15, 0.2) is 5.82 Å². The molecule has 3 N–H and O–H groups in total. The van der Waals surface area contributed by atoms with E-state index in [4.69, 9.17) is 11.1 Å². The Bertz CT molecular complexity index is 652. The molecule has 0 amide bonds. The summed E-state index contributed by atoms with van der Waals surface area (Å²) in [5, 5.41) is 18.6. The van der Waals surface area contributed by atoms with Crippen molar-refractivity contribution < 1.29 is 0 Å². The van der Waals surface area contributed by atoms with E-state index in [-0.39, 0.29) is 11.8 Å². The predicted octanol–water partition coefficient (Wildman–Crippen LogP) is 2.09. The number of aryl methyl sites for hydroxylation is 1. The van der Waals surface area contributed by atoms with Gasteiger partial charge in [-0.2, -0.15) is 5.10 Å². The molecule has 1 atom stereocenters. The van der Waals surface area contributed by atoms with E-state index in [1.54, 1.807) is 0 Å². The number of nitrogens with one attached hydrogen (secondary N) is 1. The maximum absolute atomic E-state index is 7.65. The maximum Gasteiger partial charge on any atom is 0.159 e. The van der Waals surface area contributed by atoms with Crippen molar-refractivity contribution in [1.29, 1.82) is 5.41 Å². The van der Waals surface area contributed by atoms with Gasteiger partial charge in [-0.25, -0.2) is 0 Å². The predicted molar refractivity (Wildman–Crippen MR) is 81.1 cm³/mol. The van der Waals surface area contributed by atoms with Gasteiger partial charge in [-0.3, -0.25) is 5.41 Å². The number of hydrogen-bond donors (Lipinski definition) is 2. The van der Waals surface area contributed by atoms with Crippen molar-refractivity contribution in [3.05, 3.63) is 30.0 Å². The highest BCUT2D eigenvalue weighted by Gasteiger charge is 2.24. The van der Waals surface area contributed by atoms with Crippen molar-refractivity contribution in [3.8, 4) is 0 Å². The Morgan fingerprint density at radius 3 is 2.80 bits per heavy atom. The lowest BCUT2D eigenvalue weighted by molar-refractivity contribution is 0.500. The number of aromatic nitrogens is 2. The highest BCUT2D eigenvalue weighted by molar-refractivity contribution is 5.93. The summed E-state index contributed by atoms with van der Waals surface area (Å²) in [7, 11) is 0. The Kier molecular flexibility index (Phi) is 3.26. The molecular formula is C15H19N5. The van der Waals surface area contributed by atoms with Gasteiger partial charge in [0.2, 0.25) is 0 Å². The van der Waals surface area contributed by atoms with E-state index in [1.807, 2.05) is 19.1 Å². The van der Waals surface area contributed by atoms with E-state index < -0.39 is 0 Å². The number of anilines is 1. The number of hydrogen-bond acceptors (Lipinski definition) is 4. The Balaban J connectivity index is 2.02. The van der Waals surface area contributed by atoms with Crippen LogP contribution in [0.2, 0.25) is 0 Å². The normalized spacial score (nSPS) is 19.2. The number of fused-ring (bicyclic) bond motifs is 1. The van der Waals surface area contributed by atoms with E-state index in [0.717, 1.165) is 48.2 Å². The highest BCUT2D eigenvalue weighted by atomic mass is 15.3. The molecule has 1 aromatic carbocycles. The van der Waals surface area contributed by atoms with Gasteiger partial charge in [0.1, 0.15) is 0 Å². The van der Waals surface area contributed by atoms with Crippen LogP contribution in [-0.4, -0.2) is 29.1 Å². The maximum atomic E-state index is 7.65. The summed E-state index contributed by atoms with van der Waals surface area (Å²) in [5.74, 6) is 1.32. The van der Waals surface area contributed by atoms with Crippen LogP contribution >= 0.6 is 0 Å². The molecule has 0 saturated carbocycles. The van der Waals surface area contributed by atoms with Crippen LogP contribution in [-0.2, 0) is 0 Å². The van der Waals surface area contributed by atoms with Gasteiger partial charge in [0.25, 0.3) is 0 Å². The minimum absolute atomic E-state index is 0.130. The van der Waals surface area contributed by atoms with Crippen LogP contribution in [0.3, 0.4) is 0 Å². The molecule has 1 aliphatic heterocycles. The molecular weight excluding hydrogens is 250 g/mol. The monoisotopic (exact) mass is 269 g/mol. The van der Waals surface area contributed by atoms with E-state index in [1.165, 1.54) is 0 Å². The topological polar surface area (TPSA) is 78.9 Å². The van der Waals surface area contributed by atoms with Crippen LogP contribution in [0.25, 0.3) is 10.8 Å². The summed E-state index contributed by atoms with van der Waals surface area (Å²) in [6, 6.07) is 8.22. The Morgan fingerprint density at radius 2 is 2.05 bits per heavy atom. The molecule has 1 unspecified atom stereocenters. The fourth-order valence-electron chi connectivity index (χ4n) is 2.88.